The highest BCUT2D eigenvalue weighted by atomic mass is 32.1. The first-order valence-electron chi connectivity index (χ1n) is 6.00. The molecule has 2 rings (SSSR count). The van der Waals surface area contributed by atoms with E-state index in [1.54, 1.807) is 42.5 Å². The van der Waals surface area contributed by atoms with Crippen LogP contribution in [-0.2, 0) is 6.54 Å². The number of nitrogens with one attached hydrogen (secondary N) is 2. The van der Waals surface area contributed by atoms with Gasteiger partial charge >= 0.3 is 6.03 Å². The molecule has 0 saturated carbocycles. The first kappa shape index (κ1) is 13.6. The molecule has 0 aliphatic carbocycles. The summed E-state index contributed by atoms with van der Waals surface area (Å²) in [5.74, 6) is 0. The smallest absolute Gasteiger partial charge is 0.319 e. The van der Waals surface area contributed by atoms with Crippen LogP contribution < -0.4 is 10.6 Å². The van der Waals surface area contributed by atoms with Gasteiger partial charge in [-0.05, 0) is 36.1 Å². The van der Waals surface area contributed by atoms with Gasteiger partial charge in [-0.25, -0.2) is 4.79 Å². The molecule has 1 unspecified atom stereocenters. The summed E-state index contributed by atoms with van der Waals surface area (Å²) in [6.07, 6.45) is -0.498. The van der Waals surface area contributed by atoms with E-state index < -0.39 is 6.10 Å². The van der Waals surface area contributed by atoms with Gasteiger partial charge in [0.2, 0.25) is 0 Å². The van der Waals surface area contributed by atoms with Crippen molar-refractivity contribution in [2.24, 2.45) is 0 Å². The third-order valence-electron chi connectivity index (χ3n) is 2.65. The Kier molecular flexibility index (Phi) is 4.54. The van der Waals surface area contributed by atoms with Crippen LogP contribution in [0.4, 0.5) is 10.5 Å². The number of rotatable bonds is 4. The molecule has 100 valence electrons. The van der Waals surface area contributed by atoms with E-state index in [-0.39, 0.29) is 6.03 Å². The lowest BCUT2D eigenvalue weighted by Crippen LogP contribution is -2.27. The standard InChI is InChI=1S/C14H16N2O2S/c1-10(17)11-4-6-12(7-5-11)16-14(18)15-9-13-3-2-8-19-13/h2-8,10,17H,9H2,1H3,(H2,15,16,18). The highest BCUT2D eigenvalue weighted by Gasteiger charge is 2.04. The number of hydrogen-bond acceptors (Lipinski definition) is 3. The first-order chi connectivity index (χ1) is 9.15. The van der Waals surface area contributed by atoms with Crippen molar-refractivity contribution >= 4 is 23.1 Å². The Morgan fingerprint density at radius 2 is 2.05 bits per heavy atom. The van der Waals surface area contributed by atoms with Crippen LogP contribution in [-0.4, -0.2) is 11.1 Å². The molecule has 2 aromatic rings. The maximum Gasteiger partial charge on any atom is 0.319 e. The van der Waals surface area contributed by atoms with Gasteiger partial charge in [-0.2, -0.15) is 0 Å². The van der Waals surface area contributed by atoms with Gasteiger partial charge in [0, 0.05) is 10.6 Å². The predicted octanol–water partition coefficient (Wildman–Crippen LogP) is 3.12. The average Bonchev–Trinajstić information content (AvgIpc) is 2.90. The minimum Gasteiger partial charge on any atom is -0.389 e. The fourth-order valence-corrected chi connectivity index (χ4v) is 2.25. The van der Waals surface area contributed by atoms with Crippen LogP contribution in [0.1, 0.15) is 23.5 Å². The number of thiophene rings is 1. The Labute approximate surface area is 116 Å². The third-order valence-corrected chi connectivity index (χ3v) is 3.53. The average molecular weight is 276 g/mol. The quantitative estimate of drug-likeness (QED) is 0.803. The molecule has 0 spiro atoms. The summed E-state index contributed by atoms with van der Waals surface area (Å²) in [4.78, 5) is 12.8. The molecule has 2 amide bonds. The van der Waals surface area contributed by atoms with Crippen LogP contribution in [0, 0.1) is 0 Å². The first-order valence-corrected chi connectivity index (χ1v) is 6.88. The van der Waals surface area contributed by atoms with E-state index in [0.717, 1.165) is 10.4 Å². The summed E-state index contributed by atoms with van der Waals surface area (Å²) in [5, 5.41) is 16.9. The van der Waals surface area contributed by atoms with Gasteiger partial charge < -0.3 is 15.7 Å². The zero-order chi connectivity index (χ0) is 13.7. The fraction of sp³-hybridized carbons (Fsp3) is 0.214. The van der Waals surface area contributed by atoms with Gasteiger partial charge in [0.1, 0.15) is 0 Å². The van der Waals surface area contributed by atoms with Crippen LogP contribution in [0.15, 0.2) is 41.8 Å². The minimum absolute atomic E-state index is 0.238. The fourth-order valence-electron chi connectivity index (χ4n) is 1.60. The maximum absolute atomic E-state index is 11.7. The molecule has 3 N–H and O–H groups in total. The lowest BCUT2D eigenvalue weighted by Gasteiger charge is -2.08. The third kappa shape index (κ3) is 4.08. The van der Waals surface area contributed by atoms with E-state index in [0.29, 0.717) is 12.2 Å². The summed E-state index contributed by atoms with van der Waals surface area (Å²) < 4.78 is 0. The minimum atomic E-state index is -0.498. The van der Waals surface area contributed by atoms with E-state index in [9.17, 15) is 9.90 Å². The van der Waals surface area contributed by atoms with Crippen LogP contribution in [0.2, 0.25) is 0 Å². The van der Waals surface area contributed by atoms with Gasteiger partial charge in [0.25, 0.3) is 0 Å². The summed E-state index contributed by atoms with van der Waals surface area (Å²) in [6, 6.07) is 10.8. The Balaban J connectivity index is 1.84. The number of aliphatic hydroxyl groups excluding tert-OH is 1. The Morgan fingerprint density at radius 1 is 1.32 bits per heavy atom. The molecular formula is C14H16N2O2S. The van der Waals surface area contributed by atoms with Crippen molar-refractivity contribution in [2.45, 2.75) is 19.6 Å². The number of hydrogen-bond donors (Lipinski definition) is 3. The number of amides is 2. The summed E-state index contributed by atoms with van der Waals surface area (Å²) in [7, 11) is 0. The van der Waals surface area contributed by atoms with E-state index >= 15 is 0 Å². The van der Waals surface area contributed by atoms with Crippen LogP contribution in [0.5, 0.6) is 0 Å². The molecule has 0 aliphatic rings. The summed E-state index contributed by atoms with van der Waals surface area (Å²) in [6.45, 7) is 2.23. The maximum atomic E-state index is 11.7. The van der Waals surface area contributed by atoms with Crippen molar-refractivity contribution < 1.29 is 9.90 Å². The molecule has 0 radical (unpaired) electrons. The zero-order valence-corrected chi connectivity index (χ0v) is 11.4. The molecule has 1 aromatic carbocycles. The molecule has 0 aliphatic heterocycles. The molecular weight excluding hydrogens is 260 g/mol. The molecule has 5 heteroatoms. The van der Waals surface area contributed by atoms with Gasteiger partial charge in [0.05, 0.1) is 12.6 Å². The highest BCUT2D eigenvalue weighted by molar-refractivity contribution is 7.09. The summed E-state index contributed by atoms with van der Waals surface area (Å²) in [5.41, 5.74) is 1.53. The second-order valence-corrected chi connectivity index (χ2v) is 5.22. The topological polar surface area (TPSA) is 61.4 Å². The number of carbonyl (C=O) groups is 1. The number of anilines is 1. The largest absolute Gasteiger partial charge is 0.389 e. The van der Waals surface area contributed by atoms with E-state index in [1.807, 2.05) is 17.5 Å². The number of urea groups is 1. The van der Waals surface area contributed by atoms with E-state index in [4.69, 9.17) is 0 Å². The van der Waals surface area contributed by atoms with Gasteiger partial charge in [-0.3, -0.25) is 0 Å². The Hall–Kier alpha value is -1.85. The molecule has 1 atom stereocenters. The van der Waals surface area contributed by atoms with Crippen molar-refractivity contribution in [3.63, 3.8) is 0 Å². The van der Waals surface area contributed by atoms with Crippen molar-refractivity contribution in [1.82, 2.24) is 5.32 Å². The molecule has 0 saturated heterocycles. The van der Waals surface area contributed by atoms with Crippen LogP contribution in [0.25, 0.3) is 0 Å². The second kappa shape index (κ2) is 6.36. The van der Waals surface area contributed by atoms with Gasteiger partial charge in [0.15, 0.2) is 0 Å². The lowest BCUT2D eigenvalue weighted by molar-refractivity contribution is 0.199. The Bertz CT molecular complexity index is 521. The van der Waals surface area contributed by atoms with Crippen LogP contribution >= 0.6 is 11.3 Å². The molecule has 0 fully saturated rings. The Morgan fingerprint density at radius 3 is 2.63 bits per heavy atom. The SMILES string of the molecule is CC(O)c1ccc(NC(=O)NCc2cccs2)cc1. The van der Waals surface area contributed by atoms with Gasteiger partial charge in [-0.15, -0.1) is 11.3 Å². The van der Waals surface area contributed by atoms with Crippen molar-refractivity contribution in [3.8, 4) is 0 Å². The monoisotopic (exact) mass is 276 g/mol. The number of aliphatic hydroxyl groups is 1. The van der Waals surface area contributed by atoms with Crippen molar-refractivity contribution in [3.05, 3.63) is 52.2 Å². The molecule has 19 heavy (non-hydrogen) atoms. The number of benzene rings is 1. The zero-order valence-electron chi connectivity index (χ0n) is 10.6. The summed E-state index contributed by atoms with van der Waals surface area (Å²) >= 11 is 1.61. The van der Waals surface area contributed by atoms with Crippen LogP contribution in [0.3, 0.4) is 0 Å². The van der Waals surface area contributed by atoms with E-state index in [2.05, 4.69) is 10.6 Å². The van der Waals surface area contributed by atoms with Gasteiger partial charge in [-0.1, -0.05) is 18.2 Å². The predicted molar refractivity (Wildman–Crippen MR) is 77.3 cm³/mol. The number of carbonyl (C=O) groups excluding carboxylic acids is 1. The molecule has 0 bridgehead atoms. The molecule has 4 nitrogen and oxygen atoms in total. The second-order valence-electron chi connectivity index (χ2n) is 4.19. The molecule has 1 aromatic heterocycles. The normalized spacial score (nSPS) is 11.9. The van der Waals surface area contributed by atoms with E-state index in [1.165, 1.54) is 0 Å². The molecule has 1 heterocycles. The van der Waals surface area contributed by atoms with Crippen molar-refractivity contribution in [1.29, 1.82) is 0 Å². The highest BCUT2D eigenvalue weighted by Crippen LogP contribution is 2.15. The lowest BCUT2D eigenvalue weighted by atomic mass is 10.1. The van der Waals surface area contributed by atoms with Crippen molar-refractivity contribution in [2.75, 3.05) is 5.32 Å².